The van der Waals surface area contributed by atoms with E-state index < -0.39 is 15.8 Å². The van der Waals surface area contributed by atoms with Gasteiger partial charge in [-0.3, -0.25) is 0 Å². The topological polar surface area (TPSA) is 18.5 Å². The zero-order chi connectivity index (χ0) is 46.6. The maximum Gasteiger partial charge on any atom is 0.188 e. The molecule has 0 heterocycles. The van der Waals surface area contributed by atoms with Crippen molar-refractivity contribution in [3.05, 3.63) is 124 Å². The van der Waals surface area contributed by atoms with Gasteiger partial charge in [0.2, 0.25) is 0 Å². The van der Waals surface area contributed by atoms with Crippen LogP contribution in [0.3, 0.4) is 0 Å². The minimum absolute atomic E-state index is 0.102. The summed E-state index contributed by atoms with van der Waals surface area (Å²) in [6.07, 6.45) is 6.34. The summed E-state index contributed by atoms with van der Waals surface area (Å²) < 4.78 is 13.6. The first-order valence-electron chi connectivity index (χ1n) is 24.8. The first-order chi connectivity index (χ1) is 30.4. The minimum atomic E-state index is -0.990. The van der Waals surface area contributed by atoms with Gasteiger partial charge in [0.15, 0.2) is 6.79 Å². The van der Waals surface area contributed by atoms with Crippen LogP contribution in [0.25, 0.3) is 22.3 Å². The van der Waals surface area contributed by atoms with Crippen LogP contribution in [0.15, 0.2) is 91.0 Å². The Morgan fingerprint density at radius 1 is 0.516 bits per heavy atom. The van der Waals surface area contributed by atoms with E-state index in [0.29, 0.717) is 41.2 Å². The second kappa shape index (κ2) is 21.6. The van der Waals surface area contributed by atoms with Gasteiger partial charge in [-0.05, 0) is 147 Å². The lowest BCUT2D eigenvalue weighted by Crippen LogP contribution is -2.35. The van der Waals surface area contributed by atoms with E-state index in [9.17, 15) is 0 Å². The average molecular weight is 897 g/mol. The Morgan fingerprint density at radius 3 is 1.30 bits per heavy atom. The smallest absolute Gasteiger partial charge is 0.188 e. The summed E-state index contributed by atoms with van der Waals surface area (Å²) in [5, 5.41) is 5.54. The normalized spacial score (nSPS) is 15.0. The van der Waals surface area contributed by atoms with E-state index in [-0.39, 0.29) is 11.9 Å². The molecule has 6 rings (SSSR count). The second-order valence-electron chi connectivity index (χ2n) is 21.5. The van der Waals surface area contributed by atoms with Crippen LogP contribution < -0.4 is 26.0 Å². The molecule has 0 spiro atoms. The third-order valence-corrected chi connectivity index (χ3v) is 19.6. The van der Waals surface area contributed by atoms with E-state index in [1.165, 1.54) is 109 Å². The molecule has 4 heteroatoms. The van der Waals surface area contributed by atoms with Gasteiger partial charge in [0, 0.05) is 17.7 Å². The molecule has 2 nitrogen and oxygen atoms in total. The molecular weight excluding hydrogens is 815 g/mol. The molecule has 64 heavy (non-hydrogen) atoms. The highest BCUT2D eigenvalue weighted by molar-refractivity contribution is 7.76. The first-order valence-corrected chi connectivity index (χ1v) is 27.5. The summed E-state index contributed by atoms with van der Waals surface area (Å²) in [5.41, 5.74) is 14.7. The molecule has 1 fully saturated rings. The average Bonchev–Trinajstić information content (AvgIpc) is 3.25. The lowest BCUT2D eigenvalue weighted by atomic mass is 9.79. The van der Waals surface area contributed by atoms with Gasteiger partial charge < -0.3 is 9.47 Å². The van der Waals surface area contributed by atoms with Crippen LogP contribution in [0.1, 0.15) is 205 Å². The van der Waals surface area contributed by atoms with E-state index >= 15 is 0 Å². The molecule has 0 N–H and O–H groups in total. The molecule has 5 aromatic rings. The molecular formula is C60H82O2P2. The molecule has 0 saturated heterocycles. The number of ether oxygens (including phenoxy) is 2. The zero-order valence-electron chi connectivity index (χ0n) is 42.7. The van der Waals surface area contributed by atoms with Gasteiger partial charge in [-0.25, -0.2) is 0 Å². The van der Waals surface area contributed by atoms with Crippen LogP contribution in [0, 0.1) is 0 Å². The van der Waals surface area contributed by atoms with Gasteiger partial charge in [0.25, 0.3) is 0 Å². The Kier molecular flexibility index (Phi) is 16.9. The molecule has 1 aliphatic carbocycles. The summed E-state index contributed by atoms with van der Waals surface area (Å²) in [6.45, 7) is 36.3. The third kappa shape index (κ3) is 10.8. The quantitative estimate of drug-likeness (QED) is 0.0726. The Morgan fingerprint density at radius 2 is 0.922 bits per heavy atom. The summed E-state index contributed by atoms with van der Waals surface area (Å²) in [7, 11) is -0.0779. The molecule has 0 bridgehead atoms. The fraction of sp³-hybridized carbons (Fsp3) is 0.500. The van der Waals surface area contributed by atoms with Crippen molar-refractivity contribution >= 4 is 37.1 Å². The number of rotatable bonds is 16. The van der Waals surface area contributed by atoms with Gasteiger partial charge in [-0.15, -0.1) is 0 Å². The molecule has 5 aromatic carbocycles. The fourth-order valence-corrected chi connectivity index (χ4v) is 16.5. The van der Waals surface area contributed by atoms with Gasteiger partial charge in [-0.2, -0.15) is 0 Å². The Bertz CT molecular complexity index is 2250. The van der Waals surface area contributed by atoms with Crippen molar-refractivity contribution in [1.82, 2.24) is 0 Å². The number of hydrogen-bond acceptors (Lipinski definition) is 2. The highest BCUT2D eigenvalue weighted by Crippen LogP contribution is 2.58. The van der Waals surface area contributed by atoms with E-state index in [0.717, 1.165) is 5.75 Å². The van der Waals surface area contributed by atoms with Crippen LogP contribution in [0.5, 0.6) is 5.75 Å². The summed E-state index contributed by atoms with van der Waals surface area (Å²) >= 11 is 0. The van der Waals surface area contributed by atoms with Crippen molar-refractivity contribution in [2.75, 3.05) is 13.9 Å². The summed E-state index contributed by atoms with van der Waals surface area (Å²) in [4.78, 5) is 0. The molecule has 0 amide bonds. The Hall–Kier alpha value is -3.28. The number of methoxy groups -OCH3 is 1. The predicted molar refractivity (Wildman–Crippen MR) is 286 cm³/mol. The molecule has 0 aliphatic heterocycles. The largest absolute Gasteiger partial charge is 0.466 e. The van der Waals surface area contributed by atoms with Crippen molar-refractivity contribution in [2.24, 2.45) is 0 Å². The minimum Gasteiger partial charge on any atom is -0.466 e. The van der Waals surface area contributed by atoms with Crippen molar-refractivity contribution < 1.29 is 9.47 Å². The second-order valence-corrected chi connectivity index (χ2v) is 26.9. The third-order valence-electron chi connectivity index (χ3n) is 13.5. The van der Waals surface area contributed by atoms with Crippen LogP contribution in [0.2, 0.25) is 0 Å². The lowest BCUT2D eigenvalue weighted by Gasteiger charge is -2.40. The maximum absolute atomic E-state index is 7.57. The van der Waals surface area contributed by atoms with Crippen LogP contribution in [0.4, 0.5) is 0 Å². The van der Waals surface area contributed by atoms with Gasteiger partial charge in [0.1, 0.15) is 5.75 Å². The van der Waals surface area contributed by atoms with Crippen LogP contribution in [-0.2, 0) is 4.74 Å². The molecule has 0 aromatic heterocycles. The standard InChI is InChI=1S/C60H82O2P2/c1-38(2)44-32-49(40(5)6)55(50(33-44)41(7)8)53-36-54(56-51(42(9)10)34-45(39(3)4)35-52(56)43(11)12)59(64(60(13,14)15)48-30-24-19-25-31-48)57(62-37-61-16)58(53)63(46-26-20-17-21-27-46)47-28-22-18-23-29-47/h17,19-21,24-27,30-36,38-43,47H,18,22-23,28-29,37H2,1-16H3. The van der Waals surface area contributed by atoms with E-state index in [1.54, 1.807) is 7.11 Å². The highest BCUT2D eigenvalue weighted by atomic mass is 31.1. The predicted octanol–water partition coefficient (Wildman–Crippen LogP) is 16.7. The highest BCUT2D eigenvalue weighted by Gasteiger charge is 2.40. The van der Waals surface area contributed by atoms with Gasteiger partial charge >= 0.3 is 0 Å². The van der Waals surface area contributed by atoms with Crippen molar-refractivity contribution in [3.63, 3.8) is 0 Å². The zero-order valence-corrected chi connectivity index (χ0v) is 44.4. The van der Waals surface area contributed by atoms with Crippen LogP contribution >= 0.6 is 15.8 Å². The van der Waals surface area contributed by atoms with Gasteiger partial charge in [0.05, 0.1) is 0 Å². The lowest BCUT2D eigenvalue weighted by molar-refractivity contribution is 0.0527. The van der Waals surface area contributed by atoms with E-state index in [2.05, 4.69) is 195 Å². The molecule has 2 atom stereocenters. The summed E-state index contributed by atoms with van der Waals surface area (Å²) in [5.74, 6) is 3.20. The monoisotopic (exact) mass is 897 g/mol. The molecule has 344 valence electrons. The SMILES string of the molecule is COCOc1c(P(c2ccccc2)C2CCCCC2)c(-c2c(C(C)C)cc(C(C)C)cc2C(C)C)cc(-c2c(C(C)C)cc(C(C)C)cc2C(C)C)c1P(c1ccccc1)C(C)(C)C. The van der Waals surface area contributed by atoms with E-state index in [4.69, 9.17) is 9.47 Å². The Balaban J connectivity index is 2.03. The number of benzene rings is 5. The summed E-state index contributed by atoms with van der Waals surface area (Å²) in [6, 6.07) is 36.1. The fourth-order valence-electron chi connectivity index (χ4n) is 10.1. The van der Waals surface area contributed by atoms with Gasteiger partial charge in [-0.1, -0.05) is 208 Å². The molecule has 0 radical (unpaired) electrons. The molecule has 1 aliphatic rings. The van der Waals surface area contributed by atoms with Crippen molar-refractivity contribution in [3.8, 4) is 28.0 Å². The van der Waals surface area contributed by atoms with E-state index in [1.807, 2.05) is 0 Å². The van der Waals surface area contributed by atoms with Crippen LogP contribution in [-0.4, -0.2) is 24.7 Å². The number of hydrogen-bond donors (Lipinski definition) is 0. The maximum atomic E-state index is 7.57. The van der Waals surface area contributed by atoms with Crippen molar-refractivity contribution in [1.29, 1.82) is 0 Å². The molecule has 2 unspecified atom stereocenters. The Labute approximate surface area is 393 Å². The van der Waals surface area contributed by atoms with Crippen molar-refractivity contribution in [2.45, 2.75) is 182 Å². The first kappa shape index (κ1) is 50.1. The molecule has 1 saturated carbocycles.